The molecule has 1 heterocycles. The highest BCUT2D eigenvalue weighted by Crippen LogP contribution is 2.40. The Morgan fingerprint density at radius 2 is 1.95 bits per heavy atom. The average molecular weight is 318 g/mol. The fourth-order valence-corrected chi connectivity index (χ4v) is 3.32. The molecule has 21 heavy (non-hydrogen) atoms. The van der Waals surface area contributed by atoms with Crippen molar-refractivity contribution in [1.29, 1.82) is 0 Å². The number of thioether (sulfide) groups is 1. The zero-order valence-electron chi connectivity index (χ0n) is 10.9. The molecule has 0 unspecified atom stereocenters. The number of nitrogens with zero attached hydrogens (tertiary/aromatic N) is 1. The lowest BCUT2D eigenvalue weighted by atomic mass is 10.1. The van der Waals surface area contributed by atoms with Crippen molar-refractivity contribution in [3.63, 3.8) is 0 Å². The Labute approximate surface area is 122 Å². The topological polar surface area (TPSA) is 60.4 Å². The largest absolute Gasteiger partial charge is 0.548 e. The van der Waals surface area contributed by atoms with Crippen molar-refractivity contribution in [3.8, 4) is 0 Å². The second-order valence-electron chi connectivity index (χ2n) is 4.58. The van der Waals surface area contributed by atoms with E-state index in [0.717, 1.165) is 17.0 Å². The van der Waals surface area contributed by atoms with E-state index in [0.29, 0.717) is 5.56 Å². The van der Waals surface area contributed by atoms with E-state index in [1.165, 1.54) is 30.8 Å². The molecule has 114 valence electrons. The molecule has 8 heteroatoms. The highest BCUT2D eigenvalue weighted by Gasteiger charge is 2.37. The Kier molecular flexibility index (Phi) is 4.18. The molecule has 4 nitrogen and oxygen atoms in total. The second-order valence-corrected chi connectivity index (χ2v) is 5.65. The lowest BCUT2D eigenvalue weighted by Crippen LogP contribution is -2.47. The number of hydrogen-bond donors (Lipinski definition) is 0. The zero-order chi connectivity index (χ0) is 15.8. The molecule has 0 bridgehead atoms. The number of carbonyl (C=O) groups excluding carboxylic acids is 2. The van der Waals surface area contributed by atoms with Gasteiger partial charge in [0, 0.05) is 0 Å². The first-order chi connectivity index (χ1) is 9.71. The van der Waals surface area contributed by atoms with Gasteiger partial charge >= 0.3 is 6.18 Å². The van der Waals surface area contributed by atoms with Crippen molar-refractivity contribution in [3.05, 3.63) is 35.4 Å². The minimum atomic E-state index is -4.44. The maximum Gasteiger partial charge on any atom is 0.416 e. The third kappa shape index (κ3) is 3.15. The van der Waals surface area contributed by atoms with Crippen LogP contribution in [0.5, 0.6) is 0 Å². The monoisotopic (exact) mass is 318 g/mol. The maximum absolute atomic E-state index is 12.5. The van der Waals surface area contributed by atoms with Crippen molar-refractivity contribution >= 4 is 23.6 Å². The summed E-state index contributed by atoms with van der Waals surface area (Å²) in [6, 6.07) is 3.21. The van der Waals surface area contributed by atoms with Crippen LogP contribution < -0.4 is 5.11 Å². The number of halogens is 3. The average Bonchev–Trinajstić information content (AvgIpc) is 2.78. The number of aliphatic carboxylic acids is 1. The summed E-state index contributed by atoms with van der Waals surface area (Å²) in [7, 11) is 0. The van der Waals surface area contributed by atoms with Gasteiger partial charge in [-0.25, -0.2) is 0 Å². The molecule has 1 fully saturated rings. The van der Waals surface area contributed by atoms with Gasteiger partial charge in [0.25, 0.3) is 0 Å². The molecule has 0 radical (unpaired) electrons. The lowest BCUT2D eigenvalue weighted by Gasteiger charge is -2.31. The molecule has 1 aliphatic rings. The highest BCUT2D eigenvalue weighted by atomic mass is 32.2. The number of amides is 1. The minimum absolute atomic E-state index is 0.0866. The van der Waals surface area contributed by atoms with Crippen LogP contribution in [0.1, 0.15) is 23.4 Å². The third-order valence-electron chi connectivity index (χ3n) is 3.19. The number of carboxylic acid groups (broad SMARTS) is 1. The van der Waals surface area contributed by atoms with Gasteiger partial charge in [-0.15, -0.1) is 11.8 Å². The van der Waals surface area contributed by atoms with Gasteiger partial charge in [-0.1, -0.05) is 12.1 Å². The van der Waals surface area contributed by atoms with Gasteiger partial charge in [-0.05, 0) is 24.6 Å². The van der Waals surface area contributed by atoms with Crippen LogP contribution in [0.4, 0.5) is 13.2 Å². The Hall–Kier alpha value is -1.70. The van der Waals surface area contributed by atoms with Crippen LogP contribution in [0.25, 0.3) is 0 Å². The summed E-state index contributed by atoms with van der Waals surface area (Å²) in [5, 5.41) is 10.3. The molecule has 1 aliphatic heterocycles. The predicted octanol–water partition coefficient (Wildman–Crippen LogP) is 1.42. The molecule has 1 saturated heterocycles. The van der Waals surface area contributed by atoms with E-state index in [2.05, 4.69) is 0 Å². The van der Waals surface area contributed by atoms with E-state index >= 15 is 0 Å². The predicted molar refractivity (Wildman–Crippen MR) is 68.0 cm³/mol. The Morgan fingerprint density at radius 3 is 2.43 bits per heavy atom. The first-order valence-electron chi connectivity index (χ1n) is 6.02. The molecule has 1 amide bonds. The van der Waals surface area contributed by atoms with Crippen molar-refractivity contribution in [1.82, 2.24) is 4.90 Å². The normalized spacial score (nSPS) is 20.7. The summed E-state index contributed by atoms with van der Waals surface area (Å²) in [6.07, 6.45) is -4.44. The quantitative estimate of drug-likeness (QED) is 0.846. The SMILES string of the molecule is C[C@@H](C(=O)[O-])N1C(=O)CS[C@@H]1c1ccc(C(F)(F)F)cc1. The number of hydrogen-bond acceptors (Lipinski definition) is 4. The van der Waals surface area contributed by atoms with Crippen molar-refractivity contribution in [2.75, 3.05) is 5.75 Å². The molecule has 2 atom stereocenters. The molecular weight excluding hydrogens is 307 g/mol. The van der Waals surface area contributed by atoms with Gasteiger partial charge < -0.3 is 14.8 Å². The first kappa shape index (κ1) is 15.7. The Bertz CT molecular complexity index is 559. The fourth-order valence-electron chi connectivity index (χ4n) is 2.06. The van der Waals surface area contributed by atoms with E-state index in [4.69, 9.17) is 0 Å². The molecular formula is C13H11F3NO3S-. The highest BCUT2D eigenvalue weighted by molar-refractivity contribution is 8.00. The molecule has 1 aromatic carbocycles. The molecule has 0 aromatic heterocycles. The smallest absolute Gasteiger partial charge is 0.416 e. The first-order valence-corrected chi connectivity index (χ1v) is 7.07. The molecule has 1 aromatic rings. The summed E-state index contributed by atoms with van der Waals surface area (Å²) >= 11 is 1.17. The van der Waals surface area contributed by atoms with Crippen LogP contribution in [-0.4, -0.2) is 28.6 Å². The number of carbonyl (C=O) groups is 2. The van der Waals surface area contributed by atoms with Crippen LogP contribution in [0.3, 0.4) is 0 Å². The fraction of sp³-hybridized carbons (Fsp3) is 0.385. The van der Waals surface area contributed by atoms with Gasteiger partial charge in [0.05, 0.1) is 23.3 Å². The lowest BCUT2D eigenvalue weighted by molar-refractivity contribution is -0.310. The second kappa shape index (κ2) is 5.59. The molecule has 0 spiro atoms. The van der Waals surface area contributed by atoms with Crippen LogP contribution in [0.15, 0.2) is 24.3 Å². The summed E-state index contributed by atoms with van der Waals surface area (Å²) in [4.78, 5) is 23.8. The third-order valence-corrected chi connectivity index (χ3v) is 4.42. The van der Waals surface area contributed by atoms with E-state index in [1.54, 1.807) is 0 Å². The number of rotatable bonds is 3. The van der Waals surface area contributed by atoms with Gasteiger partial charge in [-0.2, -0.15) is 13.2 Å². The van der Waals surface area contributed by atoms with Crippen LogP contribution in [-0.2, 0) is 15.8 Å². The summed E-state index contributed by atoms with van der Waals surface area (Å²) in [6.45, 7) is 1.32. The van der Waals surface area contributed by atoms with Crippen molar-refractivity contribution < 1.29 is 27.9 Å². The summed E-state index contributed by atoms with van der Waals surface area (Å²) < 4.78 is 37.5. The Morgan fingerprint density at radius 1 is 1.38 bits per heavy atom. The van der Waals surface area contributed by atoms with E-state index in [-0.39, 0.29) is 11.7 Å². The van der Waals surface area contributed by atoms with Gasteiger partial charge in [0.1, 0.15) is 5.37 Å². The van der Waals surface area contributed by atoms with Crippen molar-refractivity contribution in [2.24, 2.45) is 0 Å². The summed E-state index contributed by atoms with van der Waals surface area (Å²) in [5.74, 6) is -1.69. The van der Waals surface area contributed by atoms with Crippen LogP contribution in [0, 0.1) is 0 Å². The van der Waals surface area contributed by atoms with Crippen LogP contribution in [0.2, 0.25) is 0 Å². The van der Waals surface area contributed by atoms with E-state index in [1.807, 2.05) is 0 Å². The van der Waals surface area contributed by atoms with Gasteiger partial charge in [-0.3, -0.25) is 4.79 Å². The maximum atomic E-state index is 12.5. The van der Waals surface area contributed by atoms with E-state index < -0.39 is 29.1 Å². The standard InChI is InChI=1S/C13H12F3NO3S/c1-7(12(19)20)17-10(18)6-21-11(17)8-2-4-9(5-3-8)13(14,15)16/h2-5,7,11H,6H2,1H3,(H,19,20)/p-1/t7-,11+/m0/s1. The molecule has 0 saturated carbocycles. The van der Waals surface area contributed by atoms with Gasteiger partial charge in [0.15, 0.2) is 0 Å². The number of alkyl halides is 3. The number of benzene rings is 1. The Balaban J connectivity index is 2.28. The van der Waals surface area contributed by atoms with Crippen molar-refractivity contribution in [2.45, 2.75) is 24.5 Å². The van der Waals surface area contributed by atoms with E-state index in [9.17, 15) is 27.9 Å². The zero-order valence-corrected chi connectivity index (χ0v) is 11.7. The molecule has 2 rings (SSSR count). The van der Waals surface area contributed by atoms with Gasteiger partial charge in [0.2, 0.25) is 5.91 Å². The minimum Gasteiger partial charge on any atom is -0.548 e. The number of carboxylic acids is 1. The summed E-state index contributed by atoms with van der Waals surface area (Å²) in [5.41, 5.74) is -0.341. The molecule has 0 N–H and O–H groups in total. The van der Waals surface area contributed by atoms with Crippen LogP contribution >= 0.6 is 11.8 Å². The molecule has 0 aliphatic carbocycles.